The first-order valence-corrected chi connectivity index (χ1v) is 8.55. The molecule has 2 aromatic rings. The molecule has 0 aliphatic rings. The molecule has 0 atom stereocenters. The Morgan fingerprint density at radius 3 is 2.60 bits per heavy atom. The minimum atomic E-state index is -3.72. The van der Waals surface area contributed by atoms with E-state index in [2.05, 4.69) is 20.7 Å². The van der Waals surface area contributed by atoms with E-state index in [0.29, 0.717) is 0 Å². The Morgan fingerprint density at radius 2 is 2.05 bits per heavy atom. The zero-order valence-electron chi connectivity index (χ0n) is 10.6. The molecule has 8 heteroatoms. The molecule has 2 rings (SSSR count). The highest BCUT2D eigenvalue weighted by Gasteiger charge is 2.20. The Labute approximate surface area is 128 Å². The molecule has 1 aromatic carbocycles. The Kier molecular flexibility index (Phi) is 4.36. The third-order valence-corrected chi connectivity index (χ3v) is 6.48. The van der Waals surface area contributed by atoms with E-state index < -0.39 is 15.8 Å². The summed E-state index contributed by atoms with van der Waals surface area (Å²) < 4.78 is 45.9. The summed E-state index contributed by atoms with van der Waals surface area (Å²) in [6.07, 6.45) is 0. The lowest BCUT2D eigenvalue weighted by atomic mass is 10.3. The second kappa shape index (κ2) is 5.71. The van der Waals surface area contributed by atoms with Crippen LogP contribution in [0.4, 0.5) is 10.1 Å². The number of sulfonamides is 1. The van der Waals surface area contributed by atoms with Crippen LogP contribution in [0.1, 0.15) is 5.56 Å². The minimum absolute atomic E-state index is 0.126. The van der Waals surface area contributed by atoms with Gasteiger partial charge in [-0.25, -0.2) is 12.8 Å². The number of anilines is 1. The van der Waals surface area contributed by atoms with E-state index in [1.165, 1.54) is 13.2 Å². The number of benzene rings is 1. The summed E-state index contributed by atoms with van der Waals surface area (Å²) >= 11 is 4.39. The van der Waals surface area contributed by atoms with Crippen LogP contribution in [0.5, 0.6) is 5.75 Å². The molecular formula is C12H11BrFNO3S2. The van der Waals surface area contributed by atoms with Crippen LogP contribution >= 0.6 is 27.3 Å². The van der Waals surface area contributed by atoms with Gasteiger partial charge in [0.05, 0.1) is 16.6 Å². The lowest BCUT2D eigenvalue weighted by molar-refractivity contribution is 0.413. The summed E-state index contributed by atoms with van der Waals surface area (Å²) in [6.45, 7) is 1.80. The van der Waals surface area contributed by atoms with E-state index in [9.17, 15) is 12.8 Å². The lowest BCUT2D eigenvalue weighted by Gasteiger charge is -2.10. The van der Waals surface area contributed by atoms with Gasteiger partial charge in [0.25, 0.3) is 10.0 Å². The number of thiophene rings is 1. The number of hydrogen-bond acceptors (Lipinski definition) is 4. The molecule has 1 N–H and O–H groups in total. The molecular weight excluding hydrogens is 369 g/mol. The fourth-order valence-corrected chi connectivity index (χ4v) is 4.80. The molecule has 0 amide bonds. The number of aryl methyl sites for hydroxylation is 1. The van der Waals surface area contributed by atoms with Gasteiger partial charge >= 0.3 is 0 Å². The van der Waals surface area contributed by atoms with Gasteiger partial charge < -0.3 is 4.74 Å². The Morgan fingerprint density at radius 1 is 1.35 bits per heavy atom. The highest BCUT2D eigenvalue weighted by molar-refractivity contribution is 9.11. The smallest absolute Gasteiger partial charge is 0.271 e. The number of halogens is 2. The van der Waals surface area contributed by atoms with Crippen molar-refractivity contribution < 1.29 is 17.5 Å². The van der Waals surface area contributed by atoms with Crippen molar-refractivity contribution in [1.82, 2.24) is 0 Å². The van der Waals surface area contributed by atoms with Crippen LogP contribution in [0.25, 0.3) is 0 Å². The average Bonchev–Trinajstić information content (AvgIpc) is 2.72. The van der Waals surface area contributed by atoms with E-state index in [1.807, 2.05) is 0 Å². The van der Waals surface area contributed by atoms with Gasteiger partial charge in [-0.3, -0.25) is 4.72 Å². The van der Waals surface area contributed by atoms with Crippen LogP contribution in [0.3, 0.4) is 0 Å². The maximum absolute atomic E-state index is 13.1. The van der Waals surface area contributed by atoms with Crippen LogP contribution in [0.15, 0.2) is 32.3 Å². The normalized spacial score (nSPS) is 11.4. The molecule has 108 valence electrons. The molecule has 0 bridgehead atoms. The van der Waals surface area contributed by atoms with E-state index in [1.54, 1.807) is 13.0 Å². The van der Waals surface area contributed by atoms with Crippen LogP contribution in [-0.2, 0) is 10.0 Å². The molecule has 0 aliphatic heterocycles. The van der Waals surface area contributed by atoms with Crippen LogP contribution < -0.4 is 9.46 Å². The van der Waals surface area contributed by atoms with Crippen molar-refractivity contribution in [2.24, 2.45) is 0 Å². The average molecular weight is 380 g/mol. The van der Waals surface area contributed by atoms with Gasteiger partial charge in [0, 0.05) is 6.07 Å². The second-order valence-corrected chi connectivity index (χ2v) is 8.25. The summed E-state index contributed by atoms with van der Waals surface area (Å²) in [6, 6.07) is 5.16. The lowest BCUT2D eigenvalue weighted by Crippen LogP contribution is -2.12. The van der Waals surface area contributed by atoms with Crippen molar-refractivity contribution >= 4 is 43.0 Å². The molecule has 4 nitrogen and oxygen atoms in total. The zero-order chi connectivity index (χ0) is 14.9. The SMILES string of the molecule is COc1cc(F)ccc1NS(=O)(=O)c1cc(C)c(Br)s1. The molecule has 0 aliphatic carbocycles. The molecule has 1 heterocycles. The predicted octanol–water partition coefficient (Wildman–Crippen LogP) is 3.77. The molecule has 0 fully saturated rings. The van der Waals surface area contributed by atoms with Crippen molar-refractivity contribution in [3.63, 3.8) is 0 Å². The monoisotopic (exact) mass is 379 g/mol. The Hall–Kier alpha value is -1.12. The van der Waals surface area contributed by atoms with Crippen LogP contribution in [0, 0.1) is 12.7 Å². The van der Waals surface area contributed by atoms with E-state index in [4.69, 9.17) is 4.74 Å². The fourth-order valence-electron chi connectivity index (χ4n) is 1.51. The summed E-state index contributed by atoms with van der Waals surface area (Å²) in [4.78, 5) is 0. The molecule has 0 radical (unpaired) electrons. The van der Waals surface area contributed by atoms with Gasteiger partial charge in [-0.15, -0.1) is 11.3 Å². The van der Waals surface area contributed by atoms with E-state index in [0.717, 1.165) is 32.8 Å². The first kappa shape index (κ1) is 15.3. The van der Waals surface area contributed by atoms with Crippen LogP contribution in [0.2, 0.25) is 0 Å². The number of rotatable bonds is 4. The maximum atomic E-state index is 13.1. The molecule has 0 saturated carbocycles. The fraction of sp³-hybridized carbons (Fsp3) is 0.167. The van der Waals surface area contributed by atoms with Gasteiger partial charge in [0.1, 0.15) is 15.8 Å². The summed E-state index contributed by atoms with van der Waals surface area (Å²) in [7, 11) is -2.38. The van der Waals surface area contributed by atoms with Gasteiger partial charge in [0.2, 0.25) is 0 Å². The van der Waals surface area contributed by atoms with Crippen molar-refractivity contribution in [2.45, 2.75) is 11.1 Å². The molecule has 0 saturated heterocycles. The van der Waals surface area contributed by atoms with Gasteiger partial charge in [0.15, 0.2) is 0 Å². The second-order valence-electron chi connectivity index (χ2n) is 3.97. The number of hydrogen-bond donors (Lipinski definition) is 1. The summed E-state index contributed by atoms with van der Waals surface area (Å²) in [5.41, 5.74) is 1.03. The third kappa shape index (κ3) is 3.13. The highest BCUT2D eigenvalue weighted by atomic mass is 79.9. The maximum Gasteiger partial charge on any atom is 0.271 e. The molecule has 0 unspecified atom stereocenters. The van der Waals surface area contributed by atoms with E-state index >= 15 is 0 Å². The standard InChI is InChI=1S/C12H11BrFNO3S2/c1-7-5-11(19-12(7)13)20(16,17)15-9-4-3-8(14)6-10(9)18-2/h3-6,15H,1-2H3. The largest absolute Gasteiger partial charge is 0.494 e. The predicted molar refractivity (Wildman–Crippen MR) is 80.5 cm³/mol. The van der Waals surface area contributed by atoms with Crippen molar-refractivity contribution in [3.8, 4) is 5.75 Å². The van der Waals surface area contributed by atoms with Crippen LogP contribution in [-0.4, -0.2) is 15.5 Å². The quantitative estimate of drug-likeness (QED) is 0.879. The van der Waals surface area contributed by atoms with Gasteiger partial charge in [-0.2, -0.15) is 0 Å². The Bertz CT molecular complexity index is 724. The summed E-state index contributed by atoms with van der Waals surface area (Å²) in [5, 5.41) is 0. The first-order chi connectivity index (χ1) is 9.33. The molecule has 1 aromatic heterocycles. The highest BCUT2D eigenvalue weighted by Crippen LogP contribution is 2.33. The van der Waals surface area contributed by atoms with Gasteiger partial charge in [-0.1, -0.05) is 0 Å². The first-order valence-electron chi connectivity index (χ1n) is 5.46. The number of ether oxygens (including phenoxy) is 1. The third-order valence-electron chi connectivity index (χ3n) is 2.51. The van der Waals surface area contributed by atoms with Crippen molar-refractivity contribution in [1.29, 1.82) is 0 Å². The molecule has 0 spiro atoms. The minimum Gasteiger partial charge on any atom is -0.494 e. The Balaban J connectivity index is 2.38. The van der Waals surface area contributed by atoms with E-state index in [-0.39, 0.29) is 15.6 Å². The topological polar surface area (TPSA) is 55.4 Å². The molecule has 20 heavy (non-hydrogen) atoms. The van der Waals surface area contributed by atoms with Crippen molar-refractivity contribution in [3.05, 3.63) is 39.4 Å². The zero-order valence-corrected chi connectivity index (χ0v) is 13.8. The summed E-state index contributed by atoms with van der Waals surface area (Å²) in [5.74, 6) is -0.375. The van der Waals surface area contributed by atoms with Gasteiger partial charge in [-0.05, 0) is 46.6 Å². The number of methoxy groups -OCH3 is 1. The van der Waals surface area contributed by atoms with Crippen molar-refractivity contribution in [2.75, 3.05) is 11.8 Å². The number of nitrogens with one attached hydrogen (secondary N) is 1.